The Morgan fingerprint density at radius 2 is 2.11 bits per heavy atom. The molecule has 0 bridgehead atoms. The van der Waals surface area contributed by atoms with Crippen molar-refractivity contribution in [3.63, 3.8) is 0 Å². The standard InChI is InChI=1S/C14H23FN2O/c1-11(2)16-9-14(3,18)10-17(4)13-7-5-6-12(15)8-13/h5-8,11,16,18H,9-10H2,1-4H3. The zero-order valence-electron chi connectivity index (χ0n) is 11.6. The highest BCUT2D eigenvalue weighted by Crippen LogP contribution is 2.16. The molecule has 0 spiro atoms. The summed E-state index contributed by atoms with van der Waals surface area (Å²) in [6, 6.07) is 6.70. The first-order valence-corrected chi connectivity index (χ1v) is 6.23. The summed E-state index contributed by atoms with van der Waals surface area (Å²) in [5.74, 6) is -0.265. The van der Waals surface area contributed by atoms with Gasteiger partial charge in [0.1, 0.15) is 5.82 Å². The molecule has 2 N–H and O–H groups in total. The predicted octanol–water partition coefficient (Wildman–Crippen LogP) is 2.01. The Morgan fingerprint density at radius 3 is 2.67 bits per heavy atom. The van der Waals surface area contributed by atoms with E-state index in [9.17, 15) is 9.50 Å². The van der Waals surface area contributed by atoms with E-state index in [1.165, 1.54) is 12.1 Å². The van der Waals surface area contributed by atoms with Gasteiger partial charge < -0.3 is 15.3 Å². The van der Waals surface area contributed by atoms with Crippen molar-refractivity contribution in [2.45, 2.75) is 32.4 Å². The first-order chi connectivity index (χ1) is 8.30. The lowest BCUT2D eigenvalue weighted by atomic mass is 10.1. The number of halogens is 1. The van der Waals surface area contributed by atoms with E-state index in [1.54, 1.807) is 13.0 Å². The van der Waals surface area contributed by atoms with Gasteiger partial charge in [-0.2, -0.15) is 0 Å². The van der Waals surface area contributed by atoms with Crippen LogP contribution in [0, 0.1) is 5.82 Å². The van der Waals surface area contributed by atoms with Gasteiger partial charge >= 0.3 is 0 Å². The van der Waals surface area contributed by atoms with Crippen LogP contribution in [0.5, 0.6) is 0 Å². The zero-order valence-corrected chi connectivity index (χ0v) is 11.6. The number of anilines is 1. The van der Waals surface area contributed by atoms with Crippen LogP contribution >= 0.6 is 0 Å². The largest absolute Gasteiger partial charge is 0.387 e. The molecule has 4 heteroatoms. The van der Waals surface area contributed by atoms with Crippen molar-refractivity contribution in [1.82, 2.24) is 5.32 Å². The topological polar surface area (TPSA) is 35.5 Å². The molecule has 0 aromatic heterocycles. The van der Waals surface area contributed by atoms with E-state index in [0.29, 0.717) is 19.1 Å². The molecular weight excluding hydrogens is 231 g/mol. The zero-order chi connectivity index (χ0) is 13.8. The second-order valence-electron chi connectivity index (χ2n) is 5.37. The van der Waals surface area contributed by atoms with Gasteiger partial charge in [-0.25, -0.2) is 4.39 Å². The van der Waals surface area contributed by atoms with E-state index in [-0.39, 0.29) is 5.82 Å². The number of nitrogens with one attached hydrogen (secondary N) is 1. The number of aliphatic hydroxyl groups is 1. The van der Waals surface area contributed by atoms with E-state index < -0.39 is 5.60 Å². The van der Waals surface area contributed by atoms with Crippen molar-refractivity contribution in [2.24, 2.45) is 0 Å². The molecule has 0 aliphatic rings. The molecule has 0 amide bonds. The van der Waals surface area contributed by atoms with Crippen LogP contribution < -0.4 is 10.2 Å². The fraction of sp³-hybridized carbons (Fsp3) is 0.571. The van der Waals surface area contributed by atoms with Crippen LogP contribution in [-0.2, 0) is 0 Å². The monoisotopic (exact) mass is 254 g/mol. The molecule has 1 unspecified atom stereocenters. The summed E-state index contributed by atoms with van der Waals surface area (Å²) in [4.78, 5) is 1.85. The van der Waals surface area contributed by atoms with Gasteiger partial charge in [0.05, 0.1) is 5.60 Å². The third-order valence-corrected chi connectivity index (χ3v) is 2.72. The first-order valence-electron chi connectivity index (χ1n) is 6.23. The molecule has 1 atom stereocenters. The smallest absolute Gasteiger partial charge is 0.125 e. The van der Waals surface area contributed by atoms with Crippen LogP contribution in [0.4, 0.5) is 10.1 Å². The molecule has 3 nitrogen and oxygen atoms in total. The fourth-order valence-corrected chi connectivity index (χ4v) is 1.80. The number of rotatable bonds is 6. The maximum atomic E-state index is 13.1. The molecule has 0 radical (unpaired) electrons. The molecule has 0 aliphatic carbocycles. The van der Waals surface area contributed by atoms with Crippen molar-refractivity contribution >= 4 is 5.69 Å². The van der Waals surface area contributed by atoms with Gasteiger partial charge in [-0.05, 0) is 25.1 Å². The Bertz CT molecular complexity index is 380. The van der Waals surface area contributed by atoms with Crippen molar-refractivity contribution in [2.75, 3.05) is 25.0 Å². The van der Waals surface area contributed by atoms with Crippen molar-refractivity contribution < 1.29 is 9.50 Å². The van der Waals surface area contributed by atoms with E-state index in [1.807, 2.05) is 31.9 Å². The number of nitrogens with zero attached hydrogens (tertiary/aromatic N) is 1. The maximum absolute atomic E-state index is 13.1. The van der Waals surface area contributed by atoms with Gasteiger partial charge in [-0.1, -0.05) is 19.9 Å². The molecule has 102 valence electrons. The lowest BCUT2D eigenvalue weighted by molar-refractivity contribution is 0.0656. The number of hydrogen-bond donors (Lipinski definition) is 2. The molecule has 0 aliphatic heterocycles. The van der Waals surface area contributed by atoms with Crippen LogP contribution in [-0.4, -0.2) is 36.9 Å². The molecule has 18 heavy (non-hydrogen) atoms. The SMILES string of the molecule is CC(C)NCC(C)(O)CN(C)c1cccc(F)c1. The molecule has 0 saturated heterocycles. The Morgan fingerprint density at radius 1 is 1.44 bits per heavy atom. The fourth-order valence-electron chi connectivity index (χ4n) is 1.80. The van der Waals surface area contributed by atoms with Crippen LogP contribution in [0.3, 0.4) is 0 Å². The van der Waals surface area contributed by atoms with Gasteiger partial charge in [0, 0.05) is 31.9 Å². The third kappa shape index (κ3) is 5.02. The third-order valence-electron chi connectivity index (χ3n) is 2.72. The minimum absolute atomic E-state index is 0.265. The van der Waals surface area contributed by atoms with Crippen LogP contribution in [0.2, 0.25) is 0 Å². The minimum atomic E-state index is -0.856. The highest BCUT2D eigenvalue weighted by molar-refractivity contribution is 5.45. The van der Waals surface area contributed by atoms with Crippen molar-refractivity contribution in [3.05, 3.63) is 30.1 Å². The Kier molecular flexibility index (Phi) is 5.11. The van der Waals surface area contributed by atoms with Crippen LogP contribution in [0.25, 0.3) is 0 Å². The average molecular weight is 254 g/mol. The Hall–Kier alpha value is -1.13. The molecule has 1 aromatic carbocycles. The summed E-state index contributed by atoms with van der Waals surface area (Å²) in [5, 5.41) is 13.5. The molecule has 0 heterocycles. The number of likely N-dealkylation sites (N-methyl/N-ethyl adjacent to an activating group) is 1. The lowest BCUT2D eigenvalue weighted by Gasteiger charge is -2.31. The highest BCUT2D eigenvalue weighted by atomic mass is 19.1. The lowest BCUT2D eigenvalue weighted by Crippen LogP contribution is -2.48. The van der Waals surface area contributed by atoms with Gasteiger partial charge in [0.15, 0.2) is 0 Å². The summed E-state index contributed by atoms with van der Waals surface area (Å²) in [5.41, 5.74) is -0.0921. The normalized spacial score (nSPS) is 14.6. The number of benzene rings is 1. The molecule has 0 fully saturated rings. The first kappa shape index (κ1) is 14.9. The van der Waals surface area contributed by atoms with E-state index in [0.717, 1.165) is 5.69 Å². The van der Waals surface area contributed by atoms with Gasteiger partial charge in [-0.15, -0.1) is 0 Å². The van der Waals surface area contributed by atoms with Gasteiger partial charge in [-0.3, -0.25) is 0 Å². The average Bonchev–Trinajstić information content (AvgIpc) is 2.26. The summed E-state index contributed by atoms with van der Waals surface area (Å²) >= 11 is 0. The Labute approximate surface area is 109 Å². The molecule has 1 aromatic rings. The predicted molar refractivity (Wildman–Crippen MR) is 73.4 cm³/mol. The van der Waals surface area contributed by atoms with Crippen LogP contribution in [0.1, 0.15) is 20.8 Å². The summed E-state index contributed by atoms with van der Waals surface area (Å²) in [7, 11) is 1.85. The molecule has 1 rings (SSSR count). The van der Waals surface area contributed by atoms with Crippen molar-refractivity contribution in [3.8, 4) is 0 Å². The van der Waals surface area contributed by atoms with E-state index in [2.05, 4.69) is 5.32 Å². The second-order valence-corrected chi connectivity index (χ2v) is 5.37. The van der Waals surface area contributed by atoms with Crippen molar-refractivity contribution in [1.29, 1.82) is 0 Å². The summed E-state index contributed by atoms with van der Waals surface area (Å²) in [6.07, 6.45) is 0. The quantitative estimate of drug-likeness (QED) is 0.815. The van der Waals surface area contributed by atoms with Gasteiger partial charge in [0.25, 0.3) is 0 Å². The van der Waals surface area contributed by atoms with Gasteiger partial charge in [0.2, 0.25) is 0 Å². The highest BCUT2D eigenvalue weighted by Gasteiger charge is 2.22. The molecular formula is C14H23FN2O. The van der Waals surface area contributed by atoms with Crippen LogP contribution in [0.15, 0.2) is 24.3 Å². The minimum Gasteiger partial charge on any atom is -0.387 e. The summed E-state index contributed by atoms with van der Waals surface area (Å²) < 4.78 is 13.1. The maximum Gasteiger partial charge on any atom is 0.125 e. The van der Waals surface area contributed by atoms with E-state index >= 15 is 0 Å². The van der Waals surface area contributed by atoms with E-state index in [4.69, 9.17) is 0 Å². The number of hydrogen-bond acceptors (Lipinski definition) is 3. The second kappa shape index (κ2) is 6.16. The summed E-state index contributed by atoms with van der Waals surface area (Å²) in [6.45, 7) is 6.79. The Balaban J connectivity index is 2.60. The molecule has 0 saturated carbocycles.